The van der Waals surface area contributed by atoms with Crippen molar-refractivity contribution in [1.29, 1.82) is 0 Å². The lowest BCUT2D eigenvalue weighted by Crippen LogP contribution is -1.94. The smallest absolute Gasteiger partial charge is 0.0787 e. The molecule has 0 radical (unpaired) electrons. The van der Waals surface area contributed by atoms with Crippen LogP contribution in [0.1, 0.15) is 25.0 Å². The second kappa shape index (κ2) is 4.53. The molecule has 1 atom stereocenters. The Hall–Kier alpha value is -0.470. The van der Waals surface area contributed by atoms with Crippen molar-refractivity contribution in [1.82, 2.24) is 0 Å². The van der Waals surface area contributed by atoms with Crippen LogP contribution in [0.25, 0.3) is 0 Å². The Bertz CT molecular complexity index is 247. The average Bonchev–Trinajstić information content (AvgIpc) is 2.17. The van der Waals surface area contributed by atoms with Gasteiger partial charge in [-0.2, -0.15) is 0 Å². The van der Waals surface area contributed by atoms with Crippen LogP contribution in [0.15, 0.2) is 29.2 Å². The van der Waals surface area contributed by atoms with Crippen molar-refractivity contribution in [3.05, 3.63) is 29.8 Å². The molecule has 0 heterocycles. The molecule has 1 aromatic rings. The van der Waals surface area contributed by atoms with Crippen LogP contribution in [0.4, 0.5) is 0 Å². The van der Waals surface area contributed by atoms with E-state index in [1.807, 2.05) is 31.4 Å². The maximum Gasteiger partial charge on any atom is 0.0787 e. The highest BCUT2D eigenvalue weighted by Crippen LogP contribution is 2.21. The minimum Gasteiger partial charge on any atom is -0.388 e. The minimum absolute atomic E-state index is 0.308. The first-order chi connectivity index (χ1) is 5.77. The molecule has 0 fully saturated rings. The van der Waals surface area contributed by atoms with Crippen LogP contribution >= 0.6 is 11.8 Å². The molecule has 0 amide bonds. The van der Waals surface area contributed by atoms with Gasteiger partial charge >= 0.3 is 0 Å². The van der Waals surface area contributed by atoms with Gasteiger partial charge in [0.15, 0.2) is 0 Å². The third kappa shape index (κ3) is 2.26. The minimum atomic E-state index is -0.308. The Morgan fingerprint density at radius 2 is 2.25 bits per heavy atom. The molecular weight excluding hydrogens is 168 g/mol. The van der Waals surface area contributed by atoms with Crippen LogP contribution in [-0.4, -0.2) is 11.4 Å². The molecule has 0 spiro atoms. The lowest BCUT2D eigenvalue weighted by molar-refractivity contribution is 0.173. The van der Waals surface area contributed by atoms with Gasteiger partial charge < -0.3 is 5.11 Å². The van der Waals surface area contributed by atoms with E-state index in [0.717, 1.165) is 12.0 Å². The fourth-order valence-electron chi connectivity index (χ4n) is 1.08. The molecule has 12 heavy (non-hydrogen) atoms. The summed E-state index contributed by atoms with van der Waals surface area (Å²) < 4.78 is 0. The summed E-state index contributed by atoms with van der Waals surface area (Å²) >= 11 is 1.70. The van der Waals surface area contributed by atoms with E-state index in [2.05, 4.69) is 6.07 Å². The van der Waals surface area contributed by atoms with E-state index in [-0.39, 0.29) is 6.10 Å². The van der Waals surface area contributed by atoms with Crippen LogP contribution in [0, 0.1) is 0 Å². The van der Waals surface area contributed by atoms with Gasteiger partial charge in [-0.15, -0.1) is 11.8 Å². The van der Waals surface area contributed by atoms with Gasteiger partial charge in [0, 0.05) is 4.90 Å². The molecule has 66 valence electrons. The molecule has 0 bridgehead atoms. The first kappa shape index (κ1) is 9.62. The molecule has 1 nitrogen and oxygen atoms in total. The number of aliphatic hydroxyl groups is 1. The van der Waals surface area contributed by atoms with Crippen LogP contribution in [-0.2, 0) is 0 Å². The largest absolute Gasteiger partial charge is 0.388 e. The number of rotatable bonds is 3. The topological polar surface area (TPSA) is 20.2 Å². The zero-order chi connectivity index (χ0) is 8.97. The fourth-order valence-corrected chi connectivity index (χ4v) is 1.55. The summed E-state index contributed by atoms with van der Waals surface area (Å²) in [5.74, 6) is 0. The highest BCUT2D eigenvalue weighted by atomic mass is 32.2. The Labute approximate surface area is 77.8 Å². The van der Waals surface area contributed by atoms with Crippen LogP contribution in [0.5, 0.6) is 0 Å². The Morgan fingerprint density at radius 1 is 1.50 bits per heavy atom. The molecule has 2 heteroatoms. The van der Waals surface area contributed by atoms with E-state index in [1.165, 1.54) is 4.90 Å². The van der Waals surface area contributed by atoms with Crippen LogP contribution in [0.2, 0.25) is 0 Å². The normalized spacial score (nSPS) is 12.9. The quantitative estimate of drug-likeness (QED) is 0.725. The lowest BCUT2D eigenvalue weighted by Gasteiger charge is -2.08. The van der Waals surface area contributed by atoms with Crippen molar-refractivity contribution in [2.45, 2.75) is 24.3 Å². The van der Waals surface area contributed by atoms with Crippen molar-refractivity contribution in [3.63, 3.8) is 0 Å². The molecule has 0 unspecified atom stereocenters. The summed E-state index contributed by atoms with van der Waals surface area (Å²) in [6.45, 7) is 1.98. The molecule has 0 aliphatic rings. The maximum atomic E-state index is 9.54. The molecule has 1 rings (SSSR count). The van der Waals surface area contributed by atoms with Gasteiger partial charge in [-0.05, 0) is 30.4 Å². The summed E-state index contributed by atoms with van der Waals surface area (Å²) in [5.41, 5.74) is 1.02. The maximum absolute atomic E-state index is 9.54. The number of hydrogen-bond donors (Lipinski definition) is 1. The standard InChI is InChI=1S/C10H14OS/c1-3-10(11)8-5-4-6-9(7-8)12-2/h4-7,10-11H,3H2,1-2H3/t10-/m0/s1. The van der Waals surface area contributed by atoms with E-state index >= 15 is 0 Å². The van der Waals surface area contributed by atoms with Gasteiger partial charge in [0.1, 0.15) is 0 Å². The first-order valence-corrected chi connectivity index (χ1v) is 5.32. The molecule has 1 aromatic carbocycles. The number of aliphatic hydroxyl groups excluding tert-OH is 1. The zero-order valence-electron chi connectivity index (χ0n) is 7.45. The van der Waals surface area contributed by atoms with Gasteiger partial charge in [-0.3, -0.25) is 0 Å². The summed E-state index contributed by atoms with van der Waals surface area (Å²) in [6, 6.07) is 8.04. The predicted molar refractivity (Wildman–Crippen MR) is 53.5 cm³/mol. The summed E-state index contributed by atoms with van der Waals surface area (Å²) in [4.78, 5) is 1.21. The Morgan fingerprint density at radius 3 is 2.83 bits per heavy atom. The van der Waals surface area contributed by atoms with E-state index < -0.39 is 0 Å². The van der Waals surface area contributed by atoms with Gasteiger partial charge in [0.25, 0.3) is 0 Å². The van der Waals surface area contributed by atoms with Gasteiger partial charge in [0.05, 0.1) is 6.10 Å². The third-order valence-corrected chi connectivity index (χ3v) is 2.59. The lowest BCUT2D eigenvalue weighted by atomic mass is 10.1. The summed E-state index contributed by atoms with van der Waals surface area (Å²) in [5, 5.41) is 9.54. The second-order valence-corrected chi connectivity index (χ2v) is 3.58. The third-order valence-electron chi connectivity index (χ3n) is 1.87. The predicted octanol–water partition coefficient (Wildman–Crippen LogP) is 2.85. The first-order valence-electron chi connectivity index (χ1n) is 4.10. The highest BCUT2D eigenvalue weighted by Gasteiger charge is 2.03. The molecule has 0 saturated heterocycles. The van der Waals surface area contributed by atoms with E-state index in [0.29, 0.717) is 0 Å². The van der Waals surface area contributed by atoms with Crippen molar-refractivity contribution in [3.8, 4) is 0 Å². The van der Waals surface area contributed by atoms with Crippen molar-refractivity contribution in [2.24, 2.45) is 0 Å². The van der Waals surface area contributed by atoms with E-state index in [9.17, 15) is 5.11 Å². The number of hydrogen-bond acceptors (Lipinski definition) is 2. The van der Waals surface area contributed by atoms with Crippen LogP contribution in [0.3, 0.4) is 0 Å². The SMILES string of the molecule is CC[C@H](O)c1cccc(SC)c1. The molecule has 0 aromatic heterocycles. The number of benzene rings is 1. The molecule has 0 saturated carbocycles. The monoisotopic (exact) mass is 182 g/mol. The van der Waals surface area contributed by atoms with E-state index in [1.54, 1.807) is 11.8 Å². The van der Waals surface area contributed by atoms with Crippen molar-refractivity contribution >= 4 is 11.8 Å². The van der Waals surface area contributed by atoms with Crippen LogP contribution < -0.4 is 0 Å². The molecule has 0 aliphatic heterocycles. The van der Waals surface area contributed by atoms with Crippen molar-refractivity contribution in [2.75, 3.05) is 6.26 Å². The Balaban J connectivity index is 2.86. The van der Waals surface area contributed by atoms with Gasteiger partial charge in [0.2, 0.25) is 0 Å². The molecular formula is C10H14OS. The molecule has 0 aliphatic carbocycles. The summed E-state index contributed by atoms with van der Waals surface area (Å²) in [7, 11) is 0. The Kier molecular flexibility index (Phi) is 3.63. The second-order valence-electron chi connectivity index (χ2n) is 2.70. The van der Waals surface area contributed by atoms with Gasteiger partial charge in [-0.1, -0.05) is 19.1 Å². The van der Waals surface area contributed by atoms with Gasteiger partial charge in [-0.25, -0.2) is 0 Å². The fraction of sp³-hybridized carbons (Fsp3) is 0.400. The highest BCUT2D eigenvalue weighted by molar-refractivity contribution is 7.98. The summed E-state index contributed by atoms with van der Waals surface area (Å²) in [6.07, 6.45) is 2.51. The van der Waals surface area contributed by atoms with Crippen molar-refractivity contribution < 1.29 is 5.11 Å². The molecule has 1 N–H and O–H groups in total. The number of thioether (sulfide) groups is 1. The van der Waals surface area contributed by atoms with E-state index in [4.69, 9.17) is 0 Å². The zero-order valence-corrected chi connectivity index (χ0v) is 8.27. The average molecular weight is 182 g/mol.